The summed E-state index contributed by atoms with van der Waals surface area (Å²) in [5.74, 6) is 0.707. The van der Waals surface area contributed by atoms with Crippen LogP contribution in [0.3, 0.4) is 0 Å². The van der Waals surface area contributed by atoms with E-state index in [1.54, 1.807) is 9.58 Å². The fourth-order valence-corrected chi connectivity index (χ4v) is 3.79. The number of hydrogen-bond donors (Lipinski definition) is 0. The van der Waals surface area contributed by atoms with Gasteiger partial charge in [-0.2, -0.15) is 0 Å². The van der Waals surface area contributed by atoms with E-state index in [1.165, 1.54) is 5.56 Å². The maximum atomic E-state index is 13.4. The van der Waals surface area contributed by atoms with Crippen molar-refractivity contribution in [2.75, 3.05) is 11.4 Å². The number of fused-ring (bicyclic) bond motifs is 1. The Labute approximate surface area is 169 Å². The second-order valence-corrected chi connectivity index (χ2v) is 7.06. The van der Waals surface area contributed by atoms with Gasteiger partial charge in [0.25, 0.3) is 5.91 Å². The number of rotatable bonds is 3. The van der Waals surface area contributed by atoms with Gasteiger partial charge in [0.2, 0.25) is 5.82 Å². The second kappa shape index (κ2) is 7.36. The Morgan fingerprint density at radius 2 is 1.52 bits per heavy atom. The first kappa shape index (κ1) is 17.4. The van der Waals surface area contributed by atoms with E-state index in [2.05, 4.69) is 16.1 Å². The number of carbonyl (C=O) groups excluding carboxylic acids is 1. The van der Waals surface area contributed by atoms with E-state index in [0.29, 0.717) is 12.4 Å². The van der Waals surface area contributed by atoms with Gasteiger partial charge in [-0.05, 0) is 36.6 Å². The number of carbonyl (C=O) groups is 1. The first-order chi connectivity index (χ1) is 14.3. The highest BCUT2D eigenvalue weighted by Crippen LogP contribution is 2.28. The van der Waals surface area contributed by atoms with Crippen molar-refractivity contribution >= 4 is 11.6 Å². The molecular formula is C24H20N4O. The van der Waals surface area contributed by atoms with E-state index >= 15 is 0 Å². The smallest absolute Gasteiger partial charge is 0.297 e. The molecule has 0 spiro atoms. The number of aromatic nitrogens is 3. The third-order valence-corrected chi connectivity index (χ3v) is 5.19. The Kier molecular flexibility index (Phi) is 4.41. The summed E-state index contributed by atoms with van der Waals surface area (Å²) >= 11 is 0. The van der Waals surface area contributed by atoms with Gasteiger partial charge in [-0.15, -0.1) is 5.10 Å². The Balaban J connectivity index is 1.60. The topological polar surface area (TPSA) is 51.0 Å². The predicted octanol–water partition coefficient (Wildman–Crippen LogP) is 4.53. The number of benzene rings is 3. The van der Waals surface area contributed by atoms with Crippen molar-refractivity contribution in [3.63, 3.8) is 0 Å². The molecular weight excluding hydrogens is 360 g/mol. The highest BCUT2D eigenvalue weighted by molar-refractivity contribution is 6.04. The Hall–Kier alpha value is -3.73. The molecule has 0 saturated carbocycles. The second-order valence-electron chi connectivity index (χ2n) is 7.06. The van der Waals surface area contributed by atoms with Gasteiger partial charge >= 0.3 is 0 Å². The zero-order chi connectivity index (χ0) is 19.6. The molecule has 0 bridgehead atoms. The molecule has 0 fully saturated rings. The minimum atomic E-state index is -0.163. The zero-order valence-corrected chi connectivity index (χ0v) is 15.9. The standard InChI is InChI=1S/C24H20N4O/c29-24(27-17-9-13-18-10-7-8-16-21(18)27)22-25-23(19-11-3-1-4-12-19)28(26-22)20-14-5-2-6-15-20/h1-8,10-12,14-16H,9,13,17H2. The first-order valence-corrected chi connectivity index (χ1v) is 9.79. The average Bonchev–Trinajstić information content (AvgIpc) is 3.25. The molecule has 5 heteroatoms. The maximum Gasteiger partial charge on any atom is 0.297 e. The third-order valence-electron chi connectivity index (χ3n) is 5.19. The van der Waals surface area contributed by atoms with Crippen LogP contribution in [0.2, 0.25) is 0 Å². The molecule has 0 saturated heterocycles. The summed E-state index contributed by atoms with van der Waals surface area (Å²) in [6, 6.07) is 27.7. The van der Waals surface area contributed by atoms with Crippen molar-refractivity contribution < 1.29 is 4.79 Å². The minimum Gasteiger partial charge on any atom is -0.305 e. The normalized spacial score (nSPS) is 13.2. The number of hydrogen-bond acceptors (Lipinski definition) is 3. The number of aryl methyl sites for hydroxylation is 1. The zero-order valence-electron chi connectivity index (χ0n) is 15.9. The largest absolute Gasteiger partial charge is 0.305 e. The van der Waals surface area contributed by atoms with E-state index in [9.17, 15) is 4.79 Å². The Morgan fingerprint density at radius 3 is 2.31 bits per heavy atom. The summed E-state index contributed by atoms with van der Waals surface area (Å²) in [6.07, 6.45) is 1.93. The summed E-state index contributed by atoms with van der Waals surface area (Å²) < 4.78 is 1.75. The molecule has 1 aromatic heterocycles. The quantitative estimate of drug-likeness (QED) is 0.525. The van der Waals surface area contributed by atoms with Crippen LogP contribution in [0.25, 0.3) is 17.1 Å². The molecule has 1 aliphatic rings. The summed E-state index contributed by atoms with van der Waals surface area (Å²) in [6.45, 7) is 0.677. The van der Waals surface area contributed by atoms with E-state index in [0.717, 1.165) is 29.8 Å². The van der Waals surface area contributed by atoms with Gasteiger partial charge in [-0.3, -0.25) is 4.79 Å². The summed E-state index contributed by atoms with van der Waals surface area (Å²) in [5, 5.41) is 4.62. The molecule has 5 rings (SSSR count). The van der Waals surface area contributed by atoms with Crippen molar-refractivity contribution in [3.05, 3.63) is 96.3 Å². The van der Waals surface area contributed by atoms with E-state index < -0.39 is 0 Å². The van der Waals surface area contributed by atoms with Crippen molar-refractivity contribution in [1.82, 2.24) is 14.8 Å². The molecule has 29 heavy (non-hydrogen) atoms. The van der Waals surface area contributed by atoms with Gasteiger partial charge in [-0.25, -0.2) is 9.67 Å². The molecule has 0 aliphatic carbocycles. The number of amides is 1. The fourth-order valence-electron chi connectivity index (χ4n) is 3.79. The van der Waals surface area contributed by atoms with Crippen LogP contribution in [0.5, 0.6) is 0 Å². The molecule has 0 unspecified atom stereocenters. The lowest BCUT2D eigenvalue weighted by Crippen LogP contribution is -2.36. The van der Waals surface area contributed by atoms with Gasteiger partial charge in [-0.1, -0.05) is 66.7 Å². The highest BCUT2D eigenvalue weighted by Gasteiger charge is 2.27. The van der Waals surface area contributed by atoms with E-state index in [4.69, 9.17) is 0 Å². The van der Waals surface area contributed by atoms with Crippen LogP contribution >= 0.6 is 0 Å². The minimum absolute atomic E-state index is 0.163. The molecule has 1 aliphatic heterocycles. The molecule has 4 aromatic rings. The highest BCUT2D eigenvalue weighted by atomic mass is 16.2. The van der Waals surface area contributed by atoms with Crippen molar-refractivity contribution in [3.8, 4) is 17.1 Å². The molecule has 3 aromatic carbocycles. The van der Waals surface area contributed by atoms with Gasteiger partial charge < -0.3 is 4.90 Å². The SMILES string of the molecule is O=C(c1nc(-c2ccccc2)n(-c2ccccc2)n1)N1CCCc2ccccc21. The van der Waals surface area contributed by atoms with Gasteiger partial charge in [0.05, 0.1) is 5.69 Å². The maximum absolute atomic E-state index is 13.4. The lowest BCUT2D eigenvalue weighted by molar-refractivity contribution is 0.0975. The van der Waals surface area contributed by atoms with Crippen LogP contribution in [-0.4, -0.2) is 27.2 Å². The molecule has 0 atom stereocenters. The molecule has 5 nitrogen and oxygen atoms in total. The van der Waals surface area contributed by atoms with Gasteiger partial charge in [0.1, 0.15) is 0 Å². The van der Waals surface area contributed by atoms with Crippen LogP contribution in [-0.2, 0) is 6.42 Å². The monoisotopic (exact) mass is 380 g/mol. The Morgan fingerprint density at radius 1 is 0.828 bits per heavy atom. The molecule has 0 radical (unpaired) electrons. The van der Waals surface area contributed by atoms with E-state index in [1.807, 2.05) is 78.9 Å². The van der Waals surface area contributed by atoms with Crippen molar-refractivity contribution in [2.45, 2.75) is 12.8 Å². The Bertz CT molecular complexity index is 1090. The fraction of sp³-hybridized carbons (Fsp3) is 0.125. The summed E-state index contributed by atoms with van der Waals surface area (Å²) in [7, 11) is 0. The van der Waals surface area contributed by atoms with Crippen LogP contribution in [0.15, 0.2) is 84.9 Å². The molecule has 142 valence electrons. The molecule has 1 amide bonds. The van der Waals surface area contributed by atoms with Gasteiger partial charge in [0, 0.05) is 17.8 Å². The van der Waals surface area contributed by atoms with Gasteiger partial charge in [0.15, 0.2) is 5.82 Å². The van der Waals surface area contributed by atoms with Crippen LogP contribution < -0.4 is 4.90 Å². The lowest BCUT2D eigenvalue weighted by atomic mass is 10.0. The van der Waals surface area contributed by atoms with Crippen molar-refractivity contribution in [1.29, 1.82) is 0 Å². The summed E-state index contributed by atoms with van der Waals surface area (Å²) in [4.78, 5) is 19.8. The molecule has 2 heterocycles. The average molecular weight is 380 g/mol. The predicted molar refractivity (Wildman–Crippen MR) is 113 cm³/mol. The van der Waals surface area contributed by atoms with Crippen LogP contribution in [0.1, 0.15) is 22.6 Å². The number of anilines is 1. The van der Waals surface area contributed by atoms with Crippen LogP contribution in [0, 0.1) is 0 Å². The lowest BCUT2D eigenvalue weighted by Gasteiger charge is -2.28. The van der Waals surface area contributed by atoms with Crippen molar-refractivity contribution in [2.24, 2.45) is 0 Å². The third kappa shape index (κ3) is 3.21. The number of para-hydroxylation sites is 2. The number of nitrogens with zero attached hydrogens (tertiary/aromatic N) is 4. The first-order valence-electron chi connectivity index (χ1n) is 9.79. The van der Waals surface area contributed by atoms with E-state index in [-0.39, 0.29) is 11.7 Å². The van der Waals surface area contributed by atoms with Crippen LogP contribution in [0.4, 0.5) is 5.69 Å². The summed E-state index contributed by atoms with van der Waals surface area (Å²) in [5.41, 5.74) is 3.94. The molecule has 0 N–H and O–H groups in total.